The Hall–Kier alpha value is -0.870. The molecule has 0 aromatic rings. The quantitative estimate of drug-likeness (QED) is 0.393. The van der Waals surface area contributed by atoms with Crippen LogP contribution < -0.4 is 5.32 Å². The molecular formula is C13H24N2O2. The lowest BCUT2D eigenvalue weighted by Crippen LogP contribution is -2.24. The average molecular weight is 240 g/mol. The summed E-state index contributed by atoms with van der Waals surface area (Å²) in [5, 5.41) is 3.29. The van der Waals surface area contributed by atoms with Gasteiger partial charge in [0.25, 0.3) is 0 Å². The normalized spacial score (nSPS) is 16.8. The van der Waals surface area contributed by atoms with E-state index in [1.807, 2.05) is 13.0 Å². The largest absolute Gasteiger partial charge is 0.463 e. The highest BCUT2D eigenvalue weighted by atomic mass is 16.5. The number of carbonyl (C=O) groups is 1. The van der Waals surface area contributed by atoms with E-state index in [1.54, 1.807) is 0 Å². The van der Waals surface area contributed by atoms with Gasteiger partial charge in [0.1, 0.15) is 0 Å². The number of esters is 1. The van der Waals surface area contributed by atoms with E-state index in [2.05, 4.69) is 10.2 Å². The van der Waals surface area contributed by atoms with Crippen molar-refractivity contribution in [3.63, 3.8) is 0 Å². The number of ether oxygens (including phenoxy) is 1. The molecule has 0 atom stereocenters. The van der Waals surface area contributed by atoms with Gasteiger partial charge in [0.2, 0.25) is 0 Å². The zero-order chi connectivity index (χ0) is 12.3. The molecule has 4 nitrogen and oxygen atoms in total. The molecule has 4 heteroatoms. The molecule has 17 heavy (non-hydrogen) atoms. The van der Waals surface area contributed by atoms with Gasteiger partial charge in [0, 0.05) is 12.6 Å². The van der Waals surface area contributed by atoms with Crippen molar-refractivity contribution in [1.29, 1.82) is 0 Å². The molecule has 1 saturated heterocycles. The monoisotopic (exact) mass is 240 g/mol. The summed E-state index contributed by atoms with van der Waals surface area (Å²) in [6, 6.07) is 0. The number of nitrogens with one attached hydrogen (secondary N) is 1. The fourth-order valence-electron chi connectivity index (χ4n) is 1.96. The lowest BCUT2D eigenvalue weighted by molar-refractivity contribution is -0.137. The summed E-state index contributed by atoms with van der Waals surface area (Å²) in [7, 11) is 0. The Morgan fingerprint density at radius 1 is 1.41 bits per heavy atom. The molecule has 1 rings (SSSR count). The smallest absolute Gasteiger partial charge is 0.330 e. The molecule has 1 heterocycles. The predicted molar refractivity (Wildman–Crippen MR) is 68.9 cm³/mol. The lowest BCUT2D eigenvalue weighted by atomic mass is 10.4. The van der Waals surface area contributed by atoms with E-state index in [1.165, 1.54) is 45.0 Å². The number of rotatable bonds is 8. The first-order valence-corrected chi connectivity index (χ1v) is 6.59. The minimum atomic E-state index is -0.258. The summed E-state index contributed by atoms with van der Waals surface area (Å²) in [6.07, 6.45) is 7.18. The number of carbonyl (C=O) groups excluding carboxylic acids is 1. The van der Waals surface area contributed by atoms with Crippen molar-refractivity contribution in [3.8, 4) is 0 Å². The fourth-order valence-corrected chi connectivity index (χ4v) is 1.96. The second kappa shape index (κ2) is 9.19. The van der Waals surface area contributed by atoms with Crippen LogP contribution in [-0.4, -0.2) is 50.2 Å². The van der Waals surface area contributed by atoms with Crippen molar-refractivity contribution < 1.29 is 9.53 Å². The van der Waals surface area contributed by atoms with Crippen LogP contribution >= 0.6 is 0 Å². The Kier molecular flexibility index (Phi) is 7.67. The first-order chi connectivity index (χ1) is 8.33. The standard InChI is InChI=1S/C13H24N2O2/c1-2-17-13(16)7-5-8-14-9-6-12-15-10-3-4-11-15/h5,7,14H,2-4,6,8-12H2,1H3/b7-5+. The summed E-state index contributed by atoms with van der Waals surface area (Å²) < 4.78 is 4.78. The number of hydrogen-bond acceptors (Lipinski definition) is 4. The molecule has 0 aromatic carbocycles. The van der Waals surface area contributed by atoms with Crippen LogP contribution in [0, 0.1) is 0 Å². The SMILES string of the molecule is CCOC(=O)/C=C/CNCCCN1CCCC1. The molecular weight excluding hydrogens is 216 g/mol. The highest BCUT2D eigenvalue weighted by Crippen LogP contribution is 2.06. The third-order valence-electron chi connectivity index (χ3n) is 2.83. The first-order valence-electron chi connectivity index (χ1n) is 6.59. The van der Waals surface area contributed by atoms with Crippen LogP contribution in [0.1, 0.15) is 26.2 Å². The van der Waals surface area contributed by atoms with Gasteiger partial charge in [-0.3, -0.25) is 0 Å². The predicted octanol–water partition coefficient (Wildman–Crippen LogP) is 1.18. The highest BCUT2D eigenvalue weighted by Gasteiger charge is 2.09. The van der Waals surface area contributed by atoms with Gasteiger partial charge in [0.05, 0.1) is 6.61 Å². The molecule has 0 amide bonds. The highest BCUT2D eigenvalue weighted by molar-refractivity contribution is 5.81. The van der Waals surface area contributed by atoms with Gasteiger partial charge in [0.15, 0.2) is 0 Å². The Balaban J connectivity index is 1.88. The summed E-state index contributed by atoms with van der Waals surface area (Å²) >= 11 is 0. The molecule has 0 aromatic heterocycles. The van der Waals surface area contributed by atoms with Crippen LogP contribution in [0.2, 0.25) is 0 Å². The van der Waals surface area contributed by atoms with Crippen molar-refractivity contribution in [1.82, 2.24) is 10.2 Å². The van der Waals surface area contributed by atoms with E-state index in [-0.39, 0.29) is 5.97 Å². The van der Waals surface area contributed by atoms with Crippen LogP contribution in [0.25, 0.3) is 0 Å². The third-order valence-corrected chi connectivity index (χ3v) is 2.83. The topological polar surface area (TPSA) is 41.6 Å². The van der Waals surface area contributed by atoms with Crippen LogP contribution in [0.15, 0.2) is 12.2 Å². The van der Waals surface area contributed by atoms with E-state index in [0.717, 1.165) is 13.1 Å². The molecule has 1 aliphatic rings. The maximum Gasteiger partial charge on any atom is 0.330 e. The van der Waals surface area contributed by atoms with Crippen molar-refractivity contribution in [3.05, 3.63) is 12.2 Å². The first kappa shape index (κ1) is 14.2. The molecule has 0 saturated carbocycles. The second-order valence-corrected chi connectivity index (χ2v) is 4.26. The van der Waals surface area contributed by atoms with Crippen molar-refractivity contribution in [2.24, 2.45) is 0 Å². The van der Waals surface area contributed by atoms with E-state index in [9.17, 15) is 4.79 Å². The summed E-state index contributed by atoms with van der Waals surface area (Å²) in [5.41, 5.74) is 0. The number of likely N-dealkylation sites (tertiary alicyclic amines) is 1. The van der Waals surface area contributed by atoms with Gasteiger partial charge in [-0.25, -0.2) is 4.79 Å². The number of nitrogens with zero attached hydrogens (tertiary/aromatic N) is 1. The van der Waals surface area contributed by atoms with Gasteiger partial charge < -0.3 is 15.0 Å². The molecule has 0 spiro atoms. The number of hydrogen-bond donors (Lipinski definition) is 1. The Labute approximate surface area is 104 Å². The van der Waals surface area contributed by atoms with Crippen molar-refractivity contribution in [2.75, 3.05) is 39.3 Å². The van der Waals surface area contributed by atoms with Crippen LogP contribution in [-0.2, 0) is 9.53 Å². The van der Waals surface area contributed by atoms with Crippen molar-refractivity contribution in [2.45, 2.75) is 26.2 Å². The Morgan fingerprint density at radius 2 is 2.18 bits per heavy atom. The van der Waals surface area contributed by atoms with Gasteiger partial charge in [-0.2, -0.15) is 0 Å². The van der Waals surface area contributed by atoms with E-state index < -0.39 is 0 Å². The zero-order valence-electron chi connectivity index (χ0n) is 10.8. The van der Waals surface area contributed by atoms with E-state index in [4.69, 9.17) is 4.74 Å². The molecule has 1 aliphatic heterocycles. The van der Waals surface area contributed by atoms with Crippen LogP contribution in [0.3, 0.4) is 0 Å². The summed E-state index contributed by atoms with van der Waals surface area (Å²) in [6.45, 7) is 7.71. The maximum absolute atomic E-state index is 11.0. The minimum absolute atomic E-state index is 0.258. The Bertz CT molecular complexity index is 236. The van der Waals surface area contributed by atoms with Gasteiger partial charge in [-0.05, 0) is 52.4 Å². The average Bonchev–Trinajstić information content (AvgIpc) is 2.81. The molecule has 1 N–H and O–H groups in total. The molecule has 0 aliphatic carbocycles. The van der Waals surface area contributed by atoms with Crippen LogP contribution in [0.5, 0.6) is 0 Å². The molecule has 0 unspecified atom stereocenters. The molecule has 98 valence electrons. The molecule has 1 fully saturated rings. The fraction of sp³-hybridized carbons (Fsp3) is 0.769. The van der Waals surface area contributed by atoms with Crippen LogP contribution in [0.4, 0.5) is 0 Å². The lowest BCUT2D eigenvalue weighted by Gasteiger charge is -2.13. The minimum Gasteiger partial charge on any atom is -0.463 e. The van der Waals surface area contributed by atoms with E-state index >= 15 is 0 Å². The van der Waals surface area contributed by atoms with Gasteiger partial charge >= 0.3 is 5.97 Å². The van der Waals surface area contributed by atoms with Crippen molar-refractivity contribution >= 4 is 5.97 Å². The second-order valence-electron chi connectivity index (χ2n) is 4.26. The van der Waals surface area contributed by atoms with Gasteiger partial charge in [-0.15, -0.1) is 0 Å². The molecule has 0 radical (unpaired) electrons. The summed E-state index contributed by atoms with van der Waals surface area (Å²) in [4.78, 5) is 13.5. The maximum atomic E-state index is 11.0. The third kappa shape index (κ3) is 7.13. The Morgan fingerprint density at radius 3 is 2.88 bits per heavy atom. The van der Waals surface area contributed by atoms with Gasteiger partial charge in [-0.1, -0.05) is 6.08 Å². The van der Waals surface area contributed by atoms with E-state index in [0.29, 0.717) is 6.61 Å². The zero-order valence-corrected chi connectivity index (χ0v) is 10.8. The summed E-state index contributed by atoms with van der Waals surface area (Å²) in [5.74, 6) is -0.258. The molecule has 0 bridgehead atoms.